The van der Waals surface area contributed by atoms with Gasteiger partial charge in [0.2, 0.25) is 12.2 Å². The second-order valence-corrected chi connectivity index (χ2v) is 2.08. The van der Waals surface area contributed by atoms with Crippen LogP contribution in [0.15, 0.2) is 24.3 Å². The average molecular weight is 217 g/mol. The van der Waals surface area contributed by atoms with Crippen molar-refractivity contribution in [3.63, 3.8) is 0 Å². The van der Waals surface area contributed by atoms with E-state index in [0.717, 1.165) is 12.2 Å². The molecule has 0 bridgehead atoms. The third kappa shape index (κ3) is 12.8. The quantitative estimate of drug-likeness (QED) is 0.515. The predicted octanol–water partition coefficient (Wildman–Crippen LogP) is 2.28. The van der Waals surface area contributed by atoms with Crippen molar-refractivity contribution in [2.45, 2.75) is 0 Å². The van der Waals surface area contributed by atoms with Crippen molar-refractivity contribution in [1.29, 1.82) is 10.8 Å². The molecule has 0 radical (unpaired) electrons. The van der Waals surface area contributed by atoms with Gasteiger partial charge in [0.25, 0.3) is 0 Å². The van der Waals surface area contributed by atoms with Gasteiger partial charge in [0.15, 0.2) is 0 Å². The highest BCUT2D eigenvalue weighted by Gasteiger charge is 1.85. The summed E-state index contributed by atoms with van der Waals surface area (Å²) in [5, 5.41) is 11.4. The lowest BCUT2D eigenvalue weighted by Crippen LogP contribution is -1.67. The lowest BCUT2D eigenvalue weighted by molar-refractivity contribution is 0.562. The zero-order valence-corrected chi connectivity index (χ0v) is 7.64. The summed E-state index contributed by atoms with van der Waals surface area (Å²) >= 11 is 5.44. The lowest BCUT2D eigenvalue weighted by atomic mass is 10.4. The topological polar surface area (TPSA) is 81.8 Å². The maximum atomic E-state index is 12.0. The maximum absolute atomic E-state index is 12.0. The van der Waals surface area contributed by atoms with Gasteiger partial charge in [0.1, 0.15) is 5.82 Å². The van der Waals surface area contributed by atoms with Crippen LogP contribution in [-0.2, 0) is 9.59 Å². The third-order valence-electron chi connectivity index (χ3n) is 0.804. The number of hydrogen-bond acceptors (Lipinski definition) is 4. The van der Waals surface area contributed by atoms with Gasteiger partial charge in [-0.25, -0.2) is 24.8 Å². The Balaban J connectivity index is 0. The van der Waals surface area contributed by atoms with Gasteiger partial charge >= 0.3 is 0 Å². The summed E-state index contributed by atoms with van der Waals surface area (Å²) in [5.74, 6) is -0.255. The minimum Gasteiger partial charge on any atom is -0.222 e. The molecule has 0 aromatic heterocycles. The maximum Gasteiger partial charge on any atom is 0.231 e. The third-order valence-corrected chi connectivity index (χ3v) is 1.06. The highest BCUT2D eigenvalue weighted by Crippen LogP contribution is 2.07. The molecule has 0 unspecified atom stereocenters. The van der Waals surface area contributed by atoms with Gasteiger partial charge in [-0.1, -0.05) is 11.6 Å². The second kappa shape index (κ2) is 11.2. The van der Waals surface area contributed by atoms with E-state index >= 15 is 0 Å². The predicted molar refractivity (Wildman–Crippen MR) is 48.2 cm³/mol. The molecule has 0 saturated carbocycles. The molecular weight excluding hydrogens is 211 g/mol. The molecule has 0 aliphatic rings. The van der Waals surface area contributed by atoms with E-state index in [9.17, 15) is 4.39 Å². The van der Waals surface area contributed by atoms with Crippen molar-refractivity contribution in [2.24, 2.45) is 0 Å². The van der Waals surface area contributed by atoms with Crippen molar-refractivity contribution in [3.8, 4) is 0 Å². The number of isocyanates is 2. The molecule has 0 aliphatic heterocycles. The molecule has 6 heteroatoms. The van der Waals surface area contributed by atoms with E-state index in [1.54, 1.807) is 0 Å². The van der Waals surface area contributed by atoms with Gasteiger partial charge in [0, 0.05) is 5.02 Å². The largest absolute Gasteiger partial charge is 0.231 e. The van der Waals surface area contributed by atoms with Crippen LogP contribution in [0.25, 0.3) is 0 Å². The number of benzene rings is 1. The van der Waals surface area contributed by atoms with E-state index in [4.69, 9.17) is 32.0 Å². The van der Waals surface area contributed by atoms with Crippen molar-refractivity contribution < 1.29 is 14.0 Å². The first kappa shape index (κ1) is 14.7. The fourth-order valence-electron chi connectivity index (χ4n) is 0.430. The lowest BCUT2D eigenvalue weighted by Gasteiger charge is -1.84. The van der Waals surface area contributed by atoms with Crippen LogP contribution in [0.1, 0.15) is 0 Å². The van der Waals surface area contributed by atoms with Crippen LogP contribution >= 0.6 is 11.6 Å². The Bertz CT molecular complexity index is 282. The van der Waals surface area contributed by atoms with Crippen LogP contribution < -0.4 is 0 Å². The molecule has 0 fully saturated rings. The fourth-order valence-corrected chi connectivity index (χ4v) is 0.556. The summed E-state index contributed by atoms with van der Waals surface area (Å²) in [4.78, 5) is 16.7. The number of nitrogens with one attached hydrogen (secondary N) is 2. The molecule has 0 saturated heterocycles. The van der Waals surface area contributed by atoms with Gasteiger partial charge in [-0.15, -0.1) is 0 Å². The summed E-state index contributed by atoms with van der Waals surface area (Å²) in [7, 11) is 0. The highest BCUT2D eigenvalue weighted by molar-refractivity contribution is 6.30. The molecule has 0 atom stereocenters. The van der Waals surface area contributed by atoms with Crippen LogP contribution in [0.5, 0.6) is 0 Å². The van der Waals surface area contributed by atoms with Crippen molar-refractivity contribution in [3.05, 3.63) is 35.1 Å². The Morgan fingerprint density at radius 2 is 1.36 bits per heavy atom. The van der Waals surface area contributed by atoms with Crippen LogP contribution in [0.3, 0.4) is 0 Å². The minimum atomic E-state index is -0.255. The molecular formula is C8H6ClFN2O2. The highest BCUT2D eigenvalue weighted by atomic mass is 35.5. The molecule has 1 rings (SSSR count). The zero-order chi connectivity index (χ0) is 11.4. The Hall–Kier alpha value is -1.80. The summed E-state index contributed by atoms with van der Waals surface area (Å²) in [6.45, 7) is 0. The molecule has 2 N–H and O–H groups in total. The summed E-state index contributed by atoms with van der Waals surface area (Å²) in [5.41, 5.74) is 0. The van der Waals surface area contributed by atoms with E-state index in [1.165, 1.54) is 24.3 Å². The Kier molecular flexibility index (Phi) is 11.8. The first-order valence-corrected chi connectivity index (χ1v) is 3.49. The van der Waals surface area contributed by atoms with Gasteiger partial charge in [-0.05, 0) is 24.3 Å². The first-order valence-electron chi connectivity index (χ1n) is 3.11. The zero-order valence-electron chi connectivity index (χ0n) is 6.88. The van der Waals surface area contributed by atoms with E-state index in [0.29, 0.717) is 5.02 Å². The molecule has 0 amide bonds. The number of rotatable bonds is 0. The standard InChI is InChI=1S/C6H4ClF.2CHNO/c7-5-1-3-6(8)4-2-5;2*2-1-3/h1-4H;2*2H. The fraction of sp³-hybridized carbons (Fsp3) is 0. The van der Waals surface area contributed by atoms with Gasteiger partial charge in [-0.3, -0.25) is 0 Å². The molecule has 14 heavy (non-hydrogen) atoms. The van der Waals surface area contributed by atoms with E-state index < -0.39 is 0 Å². The normalized spacial score (nSPS) is 6.43. The number of halogens is 2. The summed E-state index contributed by atoms with van der Waals surface area (Å²) in [6.07, 6.45) is 1.50. The van der Waals surface area contributed by atoms with Crippen molar-refractivity contribution in [2.75, 3.05) is 0 Å². The molecule has 1 aromatic carbocycles. The SMILES string of the molecule is Fc1ccc(Cl)cc1.N=C=O.N=C=O. The van der Waals surface area contributed by atoms with Crippen LogP contribution in [0.2, 0.25) is 5.02 Å². The van der Waals surface area contributed by atoms with Crippen LogP contribution in [0.4, 0.5) is 4.39 Å². The Labute approximate surface area is 84.3 Å². The van der Waals surface area contributed by atoms with Gasteiger partial charge in [-0.2, -0.15) is 0 Å². The monoisotopic (exact) mass is 216 g/mol. The Morgan fingerprint density at radius 3 is 1.57 bits per heavy atom. The van der Waals surface area contributed by atoms with Gasteiger partial charge < -0.3 is 0 Å². The minimum absolute atomic E-state index is 0.255. The Morgan fingerprint density at radius 1 is 1.07 bits per heavy atom. The number of hydrogen-bond donors (Lipinski definition) is 2. The number of carbonyl (C=O) groups excluding carboxylic acids is 2. The average Bonchev–Trinajstić information content (AvgIpc) is 2.13. The van der Waals surface area contributed by atoms with E-state index in [1.807, 2.05) is 0 Å². The first-order chi connectivity index (χ1) is 6.62. The second-order valence-electron chi connectivity index (χ2n) is 1.64. The smallest absolute Gasteiger partial charge is 0.222 e. The van der Waals surface area contributed by atoms with E-state index in [2.05, 4.69) is 0 Å². The van der Waals surface area contributed by atoms with Crippen molar-refractivity contribution >= 4 is 23.8 Å². The van der Waals surface area contributed by atoms with Crippen LogP contribution in [-0.4, -0.2) is 12.2 Å². The molecule has 0 spiro atoms. The molecule has 4 nitrogen and oxygen atoms in total. The summed E-state index contributed by atoms with van der Waals surface area (Å²) < 4.78 is 12.0. The van der Waals surface area contributed by atoms with Crippen molar-refractivity contribution in [1.82, 2.24) is 0 Å². The molecule has 0 aliphatic carbocycles. The molecule has 74 valence electrons. The van der Waals surface area contributed by atoms with E-state index in [-0.39, 0.29) is 5.82 Å². The van der Waals surface area contributed by atoms with Crippen LogP contribution in [0, 0.1) is 16.6 Å². The molecule has 1 aromatic rings. The van der Waals surface area contributed by atoms with Gasteiger partial charge in [0.05, 0.1) is 0 Å². The molecule has 0 heterocycles. The summed E-state index contributed by atoms with van der Waals surface area (Å²) in [6, 6.07) is 5.67.